The summed E-state index contributed by atoms with van der Waals surface area (Å²) < 4.78 is 0. The Morgan fingerprint density at radius 3 is 2.45 bits per heavy atom. The molecule has 0 aromatic heterocycles. The number of fused-ring (bicyclic) bond motifs is 1. The molecule has 0 fully saturated rings. The number of likely N-dealkylation sites (N-methyl/N-ethyl adjacent to an activating group) is 1. The Kier molecular flexibility index (Phi) is 9.63. The largest absolute Gasteiger partial charge is 0.316 e. The van der Waals surface area contributed by atoms with Crippen LogP contribution >= 0.6 is 23.2 Å². The molecule has 7 heteroatoms. The Hall–Kier alpha value is -2.83. The Labute approximate surface area is 250 Å². The summed E-state index contributed by atoms with van der Waals surface area (Å²) in [5.74, 6) is 0.802. The summed E-state index contributed by atoms with van der Waals surface area (Å²) in [4.78, 5) is 9.36. The summed E-state index contributed by atoms with van der Waals surface area (Å²) in [6.07, 6.45) is 12.1. The van der Waals surface area contributed by atoms with Gasteiger partial charge in [0.15, 0.2) is 0 Å². The SMILES string of the molecule is [B]c1cccc(-c2cccc(C3=CC4=NC=C(CN(CC(CCC=C)NC)C(C)(C)C)C(=C)N4C=C3)c2Cl)c1Cl. The maximum Gasteiger partial charge on any atom is 0.137 e. The van der Waals surface area contributed by atoms with Crippen molar-refractivity contribution in [2.24, 2.45) is 4.99 Å². The molecule has 1 unspecified atom stereocenters. The number of allylic oxidation sites excluding steroid dienone is 3. The summed E-state index contributed by atoms with van der Waals surface area (Å²) in [6.45, 7) is 16.7. The number of hydrogen-bond acceptors (Lipinski definition) is 4. The lowest BCUT2D eigenvalue weighted by molar-refractivity contribution is 0.133. The van der Waals surface area contributed by atoms with Crippen LogP contribution in [0.1, 0.15) is 39.2 Å². The molecule has 4 nitrogen and oxygen atoms in total. The summed E-state index contributed by atoms with van der Waals surface area (Å²) in [7, 11) is 8.07. The maximum absolute atomic E-state index is 6.94. The molecule has 2 aromatic carbocycles. The molecule has 2 aliphatic heterocycles. The van der Waals surface area contributed by atoms with E-state index in [1.807, 2.05) is 72.9 Å². The highest BCUT2D eigenvalue weighted by molar-refractivity contribution is 6.47. The fraction of sp³-hybridized carbons (Fsp3) is 0.303. The van der Waals surface area contributed by atoms with Gasteiger partial charge in [0.1, 0.15) is 13.7 Å². The molecule has 1 N–H and O–H groups in total. The van der Waals surface area contributed by atoms with Gasteiger partial charge < -0.3 is 10.2 Å². The predicted octanol–water partition coefficient (Wildman–Crippen LogP) is 7.13. The van der Waals surface area contributed by atoms with Gasteiger partial charge in [-0.05, 0) is 58.4 Å². The predicted molar refractivity (Wildman–Crippen MR) is 175 cm³/mol. The van der Waals surface area contributed by atoms with Crippen molar-refractivity contribution in [2.75, 3.05) is 20.1 Å². The molecular formula is C33H37BCl2N4. The minimum Gasteiger partial charge on any atom is -0.316 e. The molecule has 0 amide bonds. The average molecular weight is 571 g/mol. The average Bonchev–Trinajstić information content (AvgIpc) is 2.92. The molecule has 0 spiro atoms. The van der Waals surface area contributed by atoms with Gasteiger partial charge in [0, 0.05) is 70.1 Å². The topological polar surface area (TPSA) is 30.9 Å². The number of benzene rings is 2. The third-order valence-corrected chi connectivity index (χ3v) is 8.28. The zero-order valence-corrected chi connectivity index (χ0v) is 25.4. The Morgan fingerprint density at radius 1 is 1.10 bits per heavy atom. The van der Waals surface area contributed by atoms with Crippen molar-refractivity contribution >= 4 is 47.9 Å². The lowest BCUT2D eigenvalue weighted by Gasteiger charge is -2.40. The van der Waals surface area contributed by atoms with E-state index in [2.05, 4.69) is 44.1 Å². The molecule has 1 atom stereocenters. The second-order valence-electron chi connectivity index (χ2n) is 11.2. The van der Waals surface area contributed by atoms with Crippen LogP contribution < -0.4 is 10.8 Å². The summed E-state index contributed by atoms with van der Waals surface area (Å²) in [6, 6.07) is 11.9. The number of nitrogens with one attached hydrogen (secondary N) is 1. The van der Waals surface area contributed by atoms with E-state index in [1.54, 1.807) is 6.07 Å². The third kappa shape index (κ3) is 6.55. The van der Waals surface area contributed by atoms with Crippen LogP contribution in [-0.4, -0.2) is 55.2 Å². The summed E-state index contributed by atoms with van der Waals surface area (Å²) in [5, 5.41) is 4.58. The van der Waals surface area contributed by atoms with Crippen LogP contribution in [0.3, 0.4) is 0 Å². The fourth-order valence-electron chi connectivity index (χ4n) is 4.90. The van der Waals surface area contributed by atoms with Crippen molar-refractivity contribution in [3.63, 3.8) is 0 Å². The minimum atomic E-state index is -0.0206. The van der Waals surface area contributed by atoms with Gasteiger partial charge in [0.2, 0.25) is 0 Å². The van der Waals surface area contributed by atoms with Crippen LogP contribution in [0.2, 0.25) is 10.0 Å². The van der Waals surface area contributed by atoms with Crippen LogP contribution in [0.25, 0.3) is 16.7 Å². The van der Waals surface area contributed by atoms with Crippen molar-refractivity contribution < 1.29 is 0 Å². The Balaban J connectivity index is 1.61. The van der Waals surface area contributed by atoms with E-state index in [-0.39, 0.29) is 5.54 Å². The van der Waals surface area contributed by atoms with E-state index < -0.39 is 0 Å². The van der Waals surface area contributed by atoms with E-state index in [9.17, 15) is 0 Å². The number of rotatable bonds is 10. The molecule has 0 aliphatic carbocycles. The normalized spacial score (nSPS) is 15.9. The van der Waals surface area contributed by atoms with E-state index in [0.29, 0.717) is 21.5 Å². The molecule has 206 valence electrons. The fourth-order valence-corrected chi connectivity index (χ4v) is 5.47. The lowest BCUT2D eigenvalue weighted by Crippen LogP contribution is -2.49. The van der Waals surface area contributed by atoms with Crippen LogP contribution in [0, 0.1) is 0 Å². The zero-order chi connectivity index (χ0) is 29.0. The molecule has 2 radical (unpaired) electrons. The van der Waals surface area contributed by atoms with Crippen molar-refractivity contribution in [1.82, 2.24) is 15.1 Å². The highest BCUT2D eigenvalue weighted by Crippen LogP contribution is 2.38. The van der Waals surface area contributed by atoms with Crippen molar-refractivity contribution in [1.29, 1.82) is 0 Å². The summed E-state index contributed by atoms with van der Waals surface area (Å²) >= 11 is 13.5. The van der Waals surface area contributed by atoms with Gasteiger partial charge >= 0.3 is 0 Å². The van der Waals surface area contributed by atoms with E-state index >= 15 is 0 Å². The number of aliphatic imine (C=N–C) groups is 1. The summed E-state index contributed by atoms with van der Waals surface area (Å²) in [5.41, 5.74) is 6.01. The first-order valence-corrected chi connectivity index (χ1v) is 14.3. The van der Waals surface area contributed by atoms with Crippen molar-refractivity contribution in [2.45, 2.75) is 45.2 Å². The first-order chi connectivity index (χ1) is 19.0. The molecule has 0 bridgehead atoms. The highest BCUT2D eigenvalue weighted by Gasteiger charge is 2.29. The highest BCUT2D eigenvalue weighted by atomic mass is 35.5. The van der Waals surface area contributed by atoms with Gasteiger partial charge in [-0.15, -0.1) is 6.58 Å². The van der Waals surface area contributed by atoms with Gasteiger partial charge in [0.05, 0.1) is 5.02 Å². The van der Waals surface area contributed by atoms with Crippen LogP contribution in [0.15, 0.2) is 96.4 Å². The van der Waals surface area contributed by atoms with E-state index in [0.717, 1.165) is 65.3 Å². The van der Waals surface area contributed by atoms with Gasteiger partial charge in [-0.3, -0.25) is 4.90 Å². The van der Waals surface area contributed by atoms with Crippen LogP contribution in [0.5, 0.6) is 0 Å². The van der Waals surface area contributed by atoms with Crippen molar-refractivity contribution in [3.05, 3.63) is 107 Å². The number of hydrogen-bond donors (Lipinski definition) is 1. The molecule has 0 saturated heterocycles. The Morgan fingerprint density at radius 2 is 1.77 bits per heavy atom. The van der Waals surface area contributed by atoms with Crippen molar-refractivity contribution in [3.8, 4) is 11.1 Å². The first-order valence-electron chi connectivity index (χ1n) is 13.6. The third-order valence-electron chi connectivity index (χ3n) is 7.46. The Bertz CT molecular complexity index is 1410. The zero-order valence-electron chi connectivity index (χ0n) is 23.8. The second-order valence-corrected chi connectivity index (χ2v) is 11.9. The number of halogens is 2. The van der Waals surface area contributed by atoms with Gasteiger partial charge in [-0.2, -0.15) is 0 Å². The maximum atomic E-state index is 6.94. The monoisotopic (exact) mass is 570 g/mol. The number of amidine groups is 1. The molecule has 2 aliphatic rings. The smallest absolute Gasteiger partial charge is 0.137 e. The quantitative estimate of drug-likeness (QED) is 0.243. The van der Waals surface area contributed by atoms with Gasteiger partial charge in [-0.1, -0.05) is 77.7 Å². The number of nitrogens with zero attached hydrogens (tertiary/aromatic N) is 3. The van der Waals surface area contributed by atoms with Crippen LogP contribution in [0.4, 0.5) is 0 Å². The van der Waals surface area contributed by atoms with E-state index in [1.165, 1.54) is 0 Å². The molecular weight excluding hydrogens is 534 g/mol. The second kappa shape index (κ2) is 12.8. The first kappa shape index (κ1) is 30.1. The molecule has 4 rings (SSSR count). The standard InChI is InChI=1S/C33H37BCl2N4/c1-7-8-11-25(37-6)21-39(33(3,4)5)20-24-19-38-30-18-23(16-17-40(30)22(24)2)26-12-9-13-27(31(26)35)28-14-10-15-29(34)32(28)36/h7,9-10,12-19,25,37H,1-2,8,11,20-21H2,3-6H3. The van der Waals surface area contributed by atoms with Gasteiger partial charge in [0.25, 0.3) is 0 Å². The minimum absolute atomic E-state index is 0.0206. The van der Waals surface area contributed by atoms with Crippen LogP contribution in [-0.2, 0) is 0 Å². The molecule has 0 saturated carbocycles. The van der Waals surface area contributed by atoms with Gasteiger partial charge in [-0.25, -0.2) is 4.99 Å². The molecule has 2 aromatic rings. The van der Waals surface area contributed by atoms with E-state index in [4.69, 9.17) is 36.0 Å². The molecule has 40 heavy (non-hydrogen) atoms. The lowest BCUT2D eigenvalue weighted by atomic mass is 9.90. The molecule has 2 heterocycles.